The largest absolute Gasteiger partial charge is 0.490 e. The first-order valence-corrected chi connectivity index (χ1v) is 8.76. The van der Waals surface area contributed by atoms with Crippen LogP contribution in [0, 0.1) is 11.6 Å². The molecule has 0 aromatic heterocycles. The fourth-order valence-corrected chi connectivity index (χ4v) is 2.24. The normalized spacial score (nSPS) is 10.3. The summed E-state index contributed by atoms with van der Waals surface area (Å²) in [5.74, 6) is -2.64. The van der Waals surface area contributed by atoms with Gasteiger partial charge in [-0.2, -0.15) is 0 Å². The van der Waals surface area contributed by atoms with Crippen molar-refractivity contribution in [2.24, 2.45) is 0 Å². The van der Waals surface area contributed by atoms with E-state index in [0.29, 0.717) is 24.7 Å². The molecule has 1 N–H and O–H groups in total. The van der Waals surface area contributed by atoms with Gasteiger partial charge in [-0.1, -0.05) is 13.0 Å². The van der Waals surface area contributed by atoms with Crippen molar-refractivity contribution in [3.63, 3.8) is 0 Å². The number of carbonyl (C=O) groups is 2. The fourth-order valence-electron chi connectivity index (χ4n) is 2.24. The summed E-state index contributed by atoms with van der Waals surface area (Å²) in [6.07, 6.45) is 0.813. The maximum atomic E-state index is 13.5. The zero-order chi connectivity index (χ0) is 20.5. The van der Waals surface area contributed by atoms with E-state index < -0.39 is 35.8 Å². The van der Waals surface area contributed by atoms with Crippen LogP contribution in [0.25, 0.3) is 0 Å². The Morgan fingerprint density at radius 2 is 1.71 bits per heavy atom. The summed E-state index contributed by atoms with van der Waals surface area (Å²) in [6, 6.07) is 7.68. The average Bonchev–Trinajstić information content (AvgIpc) is 2.68. The first-order chi connectivity index (χ1) is 13.5. The number of benzene rings is 2. The minimum atomic E-state index is -0.927. The number of hydrogen-bond acceptors (Lipinski definition) is 5. The summed E-state index contributed by atoms with van der Waals surface area (Å²) in [5, 5.41) is 2.04. The molecule has 0 fully saturated rings. The van der Waals surface area contributed by atoms with Gasteiger partial charge in [-0.15, -0.1) is 0 Å². The lowest BCUT2D eigenvalue weighted by Gasteiger charge is -2.13. The van der Waals surface area contributed by atoms with Crippen LogP contribution in [0.5, 0.6) is 11.5 Å². The monoisotopic (exact) mass is 393 g/mol. The standard InChI is InChI=1S/C20H21F2NO5/c1-3-10-27-16-9-8-13(11-17(16)26-4-2)20(25)28-12-18(24)23-19-14(21)6-5-7-15(19)22/h5-9,11H,3-4,10,12H2,1-2H3,(H,23,24). The van der Waals surface area contributed by atoms with Crippen LogP contribution in [-0.4, -0.2) is 31.7 Å². The van der Waals surface area contributed by atoms with Gasteiger partial charge < -0.3 is 19.5 Å². The summed E-state index contributed by atoms with van der Waals surface area (Å²) >= 11 is 0. The van der Waals surface area contributed by atoms with Crippen molar-refractivity contribution < 1.29 is 32.6 Å². The fraction of sp³-hybridized carbons (Fsp3) is 0.300. The van der Waals surface area contributed by atoms with Gasteiger partial charge in [-0.25, -0.2) is 13.6 Å². The summed E-state index contributed by atoms with van der Waals surface area (Å²) in [4.78, 5) is 24.0. The molecule has 8 heteroatoms. The molecule has 2 aromatic carbocycles. The van der Waals surface area contributed by atoms with E-state index in [-0.39, 0.29) is 5.56 Å². The number of esters is 1. The van der Waals surface area contributed by atoms with Crippen molar-refractivity contribution in [3.05, 3.63) is 53.6 Å². The maximum Gasteiger partial charge on any atom is 0.338 e. The molecule has 0 aliphatic heterocycles. The highest BCUT2D eigenvalue weighted by Gasteiger charge is 2.16. The molecule has 0 saturated carbocycles. The first kappa shape index (κ1) is 21.1. The number of para-hydroxylation sites is 1. The Morgan fingerprint density at radius 3 is 2.36 bits per heavy atom. The van der Waals surface area contributed by atoms with Crippen molar-refractivity contribution in [2.45, 2.75) is 20.3 Å². The van der Waals surface area contributed by atoms with Crippen molar-refractivity contribution in [3.8, 4) is 11.5 Å². The van der Waals surface area contributed by atoms with Gasteiger partial charge in [0.1, 0.15) is 17.3 Å². The molecule has 6 nitrogen and oxygen atoms in total. The Balaban J connectivity index is 2.00. The van der Waals surface area contributed by atoms with Crippen molar-refractivity contribution >= 4 is 17.6 Å². The smallest absolute Gasteiger partial charge is 0.338 e. The van der Waals surface area contributed by atoms with Crippen LogP contribution in [0.2, 0.25) is 0 Å². The lowest BCUT2D eigenvalue weighted by Crippen LogP contribution is -2.22. The molecule has 0 saturated heterocycles. The highest BCUT2D eigenvalue weighted by atomic mass is 19.1. The molecule has 150 valence electrons. The summed E-state index contributed by atoms with van der Waals surface area (Å²) in [5.41, 5.74) is -0.447. The van der Waals surface area contributed by atoms with Gasteiger partial charge in [0.2, 0.25) is 0 Å². The number of nitrogens with one attached hydrogen (secondary N) is 1. The Kier molecular flexibility index (Phi) is 7.74. The van der Waals surface area contributed by atoms with Crippen LogP contribution in [-0.2, 0) is 9.53 Å². The minimum absolute atomic E-state index is 0.150. The molecule has 0 aliphatic rings. The molecular weight excluding hydrogens is 372 g/mol. The van der Waals surface area contributed by atoms with Crippen molar-refractivity contribution in [2.75, 3.05) is 25.1 Å². The first-order valence-electron chi connectivity index (χ1n) is 8.76. The topological polar surface area (TPSA) is 73.9 Å². The number of ether oxygens (including phenoxy) is 3. The molecule has 0 unspecified atom stereocenters. The predicted octanol–water partition coefficient (Wildman–Crippen LogP) is 3.95. The van der Waals surface area contributed by atoms with Gasteiger partial charge in [0.25, 0.3) is 5.91 Å². The van der Waals surface area contributed by atoms with Gasteiger partial charge >= 0.3 is 5.97 Å². The number of carbonyl (C=O) groups excluding carboxylic acids is 2. The second-order valence-electron chi connectivity index (χ2n) is 5.66. The third-order valence-electron chi connectivity index (χ3n) is 3.50. The van der Waals surface area contributed by atoms with Gasteiger partial charge in [0.15, 0.2) is 18.1 Å². The summed E-state index contributed by atoms with van der Waals surface area (Å²) < 4.78 is 43.0. The van der Waals surface area contributed by atoms with Gasteiger partial charge in [0.05, 0.1) is 18.8 Å². The van der Waals surface area contributed by atoms with E-state index in [9.17, 15) is 18.4 Å². The SMILES string of the molecule is CCCOc1ccc(C(=O)OCC(=O)Nc2c(F)cccc2F)cc1OCC. The lowest BCUT2D eigenvalue weighted by atomic mass is 10.2. The highest BCUT2D eigenvalue weighted by Crippen LogP contribution is 2.29. The van der Waals surface area contributed by atoms with Crippen molar-refractivity contribution in [1.29, 1.82) is 0 Å². The zero-order valence-electron chi connectivity index (χ0n) is 15.6. The summed E-state index contributed by atoms with van der Waals surface area (Å²) in [7, 11) is 0. The molecule has 1 amide bonds. The van der Waals surface area contributed by atoms with E-state index in [1.54, 1.807) is 13.0 Å². The van der Waals surface area contributed by atoms with Crippen LogP contribution in [0.1, 0.15) is 30.6 Å². The van der Waals surface area contributed by atoms with Crippen LogP contribution in [0.15, 0.2) is 36.4 Å². The number of anilines is 1. The molecule has 0 heterocycles. The number of halogens is 2. The van der Waals surface area contributed by atoms with E-state index in [1.165, 1.54) is 18.2 Å². The number of amides is 1. The molecule has 0 radical (unpaired) electrons. The molecule has 0 atom stereocenters. The Hall–Kier alpha value is -3.16. The molecule has 0 spiro atoms. The van der Waals surface area contributed by atoms with Gasteiger partial charge in [-0.05, 0) is 43.7 Å². The Morgan fingerprint density at radius 1 is 1.00 bits per heavy atom. The molecular formula is C20H21F2NO5. The van der Waals surface area contributed by atoms with Gasteiger partial charge in [0, 0.05) is 0 Å². The van der Waals surface area contributed by atoms with Crippen LogP contribution >= 0.6 is 0 Å². The highest BCUT2D eigenvalue weighted by molar-refractivity contribution is 5.95. The number of rotatable bonds is 9. The third kappa shape index (κ3) is 5.67. The van der Waals surface area contributed by atoms with Gasteiger partial charge in [-0.3, -0.25) is 4.79 Å². The van der Waals surface area contributed by atoms with E-state index >= 15 is 0 Å². The second-order valence-corrected chi connectivity index (χ2v) is 5.66. The Bertz CT molecular complexity index is 821. The van der Waals surface area contributed by atoms with E-state index in [2.05, 4.69) is 0 Å². The van der Waals surface area contributed by atoms with Crippen LogP contribution in [0.4, 0.5) is 14.5 Å². The van der Waals surface area contributed by atoms with Crippen LogP contribution < -0.4 is 14.8 Å². The lowest BCUT2D eigenvalue weighted by molar-refractivity contribution is -0.119. The zero-order valence-corrected chi connectivity index (χ0v) is 15.6. The van der Waals surface area contributed by atoms with E-state index in [4.69, 9.17) is 14.2 Å². The molecule has 2 rings (SSSR count). The quantitative estimate of drug-likeness (QED) is 0.653. The molecule has 28 heavy (non-hydrogen) atoms. The molecule has 0 aliphatic carbocycles. The second kappa shape index (κ2) is 10.2. The Labute approximate surface area is 161 Å². The van der Waals surface area contributed by atoms with E-state index in [1.807, 2.05) is 12.2 Å². The maximum absolute atomic E-state index is 13.5. The third-order valence-corrected chi connectivity index (χ3v) is 3.50. The van der Waals surface area contributed by atoms with Crippen LogP contribution in [0.3, 0.4) is 0 Å². The average molecular weight is 393 g/mol. The van der Waals surface area contributed by atoms with E-state index in [0.717, 1.165) is 18.6 Å². The molecule has 2 aromatic rings. The number of hydrogen-bond donors (Lipinski definition) is 1. The molecule has 0 bridgehead atoms. The summed E-state index contributed by atoms with van der Waals surface area (Å²) in [6.45, 7) is 3.92. The minimum Gasteiger partial charge on any atom is -0.490 e. The predicted molar refractivity (Wildman–Crippen MR) is 98.7 cm³/mol. The van der Waals surface area contributed by atoms with Crippen molar-refractivity contribution in [1.82, 2.24) is 0 Å².